The quantitative estimate of drug-likeness (QED) is 0.342. The van der Waals surface area contributed by atoms with Crippen molar-refractivity contribution < 1.29 is 27.6 Å². The Hall–Kier alpha value is -0.755. The lowest BCUT2D eigenvalue weighted by Crippen LogP contribution is -2.65. The molecule has 3 saturated carbocycles. The van der Waals surface area contributed by atoms with E-state index >= 15 is 0 Å². The first kappa shape index (κ1) is 24.4. The molecular formula is C20H37BN4O6S. The molecule has 0 aromatic carbocycles. The molecule has 0 radical (unpaired) electrons. The summed E-state index contributed by atoms with van der Waals surface area (Å²) >= 11 is 0. The molecule has 2 aliphatic heterocycles. The zero-order chi connectivity index (χ0) is 23.5. The Morgan fingerprint density at radius 1 is 1.31 bits per heavy atom. The number of carbonyl (C=O) groups is 1. The number of hydrogen-bond acceptors (Lipinski definition) is 7. The van der Waals surface area contributed by atoms with E-state index in [-0.39, 0.29) is 50.4 Å². The van der Waals surface area contributed by atoms with E-state index in [9.17, 15) is 18.3 Å². The van der Waals surface area contributed by atoms with Gasteiger partial charge in [0.2, 0.25) is 0 Å². The van der Waals surface area contributed by atoms with Crippen molar-refractivity contribution in [3.05, 3.63) is 0 Å². The van der Waals surface area contributed by atoms with Crippen LogP contribution < -0.4 is 16.2 Å². The molecule has 2 heterocycles. The Morgan fingerprint density at radius 3 is 2.66 bits per heavy atom. The van der Waals surface area contributed by atoms with Gasteiger partial charge in [-0.15, -0.1) is 0 Å². The molecule has 0 aromatic rings. The minimum atomic E-state index is -3.82. The summed E-state index contributed by atoms with van der Waals surface area (Å²) in [6.07, 6.45) is 4.08. The Morgan fingerprint density at radius 2 is 2.03 bits per heavy atom. The van der Waals surface area contributed by atoms with Gasteiger partial charge in [-0.05, 0) is 49.8 Å². The van der Waals surface area contributed by atoms with Gasteiger partial charge in [-0.1, -0.05) is 20.3 Å². The topological polar surface area (TPSA) is 157 Å². The lowest BCUT2D eigenvalue weighted by Gasteiger charge is -2.64. The molecule has 2 saturated heterocycles. The van der Waals surface area contributed by atoms with E-state index < -0.39 is 27.6 Å². The van der Waals surface area contributed by atoms with Crippen LogP contribution >= 0.6 is 0 Å². The third-order valence-corrected chi connectivity index (χ3v) is 10.3. The summed E-state index contributed by atoms with van der Waals surface area (Å²) in [5, 5.41) is 9.73. The van der Waals surface area contributed by atoms with Crippen LogP contribution in [0, 0.1) is 23.2 Å². The molecule has 5 rings (SSSR count). The molecule has 5 aliphatic rings. The molecule has 32 heavy (non-hydrogen) atoms. The maximum atomic E-state index is 12.5. The van der Waals surface area contributed by atoms with E-state index in [2.05, 4.69) is 25.5 Å². The summed E-state index contributed by atoms with van der Waals surface area (Å²) in [5.41, 5.74) is 9.97. The lowest BCUT2D eigenvalue weighted by atomic mass is 9.43. The molecule has 0 unspecified atom stereocenters. The lowest BCUT2D eigenvalue weighted by molar-refractivity contribution is -0.199. The molecular weight excluding hydrogens is 435 g/mol. The molecule has 12 heteroatoms. The highest BCUT2D eigenvalue weighted by molar-refractivity contribution is 7.87. The van der Waals surface area contributed by atoms with Crippen LogP contribution in [0.15, 0.2) is 0 Å². The number of nitrogens with zero attached hydrogens (tertiary/aromatic N) is 1. The number of nitrogens with two attached hydrogens (primary N) is 2. The standard InChI is InChI=1S/C20H37BN4O6S/c1-18(2)14-9-15(18)19(3)16(10-14)30-21(31-19)6-4-5-13-11-25(12-20(13,23)17(26)27)32(28,29)24-8-7-22/h13-16,24H,4-12,22-23H2,1-3H3,(H,26,27)/t13-,14+,15+,16-,19+,20-/m0/s1. The number of aliphatic carboxylic acids is 1. The van der Waals surface area contributed by atoms with Crippen molar-refractivity contribution in [2.45, 2.75) is 70.0 Å². The normalized spacial score (nSPS) is 40.8. The van der Waals surface area contributed by atoms with Crippen LogP contribution in [0.3, 0.4) is 0 Å². The van der Waals surface area contributed by atoms with Crippen LogP contribution in [0.2, 0.25) is 6.32 Å². The second kappa shape index (κ2) is 8.18. The second-order valence-corrected chi connectivity index (χ2v) is 12.6. The van der Waals surface area contributed by atoms with Crippen molar-refractivity contribution in [2.24, 2.45) is 34.6 Å². The van der Waals surface area contributed by atoms with Crippen LogP contribution in [-0.2, 0) is 24.3 Å². The predicted molar refractivity (Wildman–Crippen MR) is 120 cm³/mol. The van der Waals surface area contributed by atoms with Crippen molar-refractivity contribution in [3.8, 4) is 0 Å². The Bertz CT molecular complexity index is 859. The van der Waals surface area contributed by atoms with Gasteiger partial charge in [0.1, 0.15) is 5.54 Å². The van der Waals surface area contributed by atoms with E-state index in [4.69, 9.17) is 20.8 Å². The average molecular weight is 472 g/mol. The van der Waals surface area contributed by atoms with Gasteiger partial charge in [0.05, 0.1) is 11.7 Å². The number of carboxylic acid groups (broad SMARTS) is 1. The first-order chi connectivity index (χ1) is 14.8. The molecule has 0 spiro atoms. The molecule has 0 aromatic heterocycles. The average Bonchev–Trinajstić information content (AvgIpc) is 3.24. The molecule has 6 N–H and O–H groups in total. The fourth-order valence-electron chi connectivity index (χ4n) is 6.55. The molecule has 3 aliphatic carbocycles. The zero-order valence-corrected chi connectivity index (χ0v) is 20.1. The van der Waals surface area contributed by atoms with Crippen LogP contribution in [0.5, 0.6) is 0 Å². The van der Waals surface area contributed by atoms with Gasteiger partial charge in [-0.2, -0.15) is 12.7 Å². The van der Waals surface area contributed by atoms with Crippen molar-refractivity contribution >= 4 is 23.3 Å². The summed E-state index contributed by atoms with van der Waals surface area (Å²) < 4.78 is 41.1. The van der Waals surface area contributed by atoms with Crippen molar-refractivity contribution in [1.82, 2.24) is 9.03 Å². The summed E-state index contributed by atoms with van der Waals surface area (Å²) in [4.78, 5) is 11.9. The third kappa shape index (κ3) is 3.81. The number of rotatable bonds is 9. The molecule has 6 atom stereocenters. The first-order valence-corrected chi connectivity index (χ1v) is 13.1. The summed E-state index contributed by atoms with van der Waals surface area (Å²) in [6, 6.07) is 0. The van der Waals surface area contributed by atoms with Gasteiger partial charge >= 0.3 is 13.1 Å². The molecule has 2 bridgehead atoms. The van der Waals surface area contributed by atoms with E-state index in [0.29, 0.717) is 31.0 Å². The van der Waals surface area contributed by atoms with Crippen LogP contribution in [0.4, 0.5) is 0 Å². The minimum absolute atomic E-state index is 0.0629. The smallest absolute Gasteiger partial charge is 0.457 e. The van der Waals surface area contributed by atoms with Crippen LogP contribution in [0.1, 0.15) is 46.5 Å². The van der Waals surface area contributed by atoms with Gasteiger partial charge in [0, 0.05) is 32.1 Å². The van der Waals surface area contributed by atoms with Crippen molar-refractivity contribution in [1.29, 1.82) is 0 Å². The van der Waals surface area contributed by atoms with Gasteiger partial charge < -0.3 is 25.9 Å². The van der Waals surface area contributed by atoms with Gasteiger partial charge in [-0.3, -0.25) is 4.79 Å². The third-order valence-electron chi connectivity index (χ3n) is 8.75. The summed E-state index contributed by atoms with van der Waals surface area (Å²) in [7, 11) is -4.14. The summed E-state index contributed by atoms with van der Waals surface area (Å²) in [6.45, 7) is 6.85. The van der Waals surface area contributed by atoms with Crippen LogP contribution in [-0.4, -0.2) is 74.3 Å². The van der Waals surface area contributed by atoms with Crippen molar-refractivity contribution in [3.63, 3.8) is 0 Å². The number of hydrogen-bond donors (Lipinski definition) is 4. The fraction of sp³-hybridized carbons (Fsp3) is 0.950. The maximum absolute atomic E-state index is 12.5. The molecule has 0 amide bonds. The fourth-order valence-corrected chi connectivity index (χ4v) is 7.87. The van der Waals surface area contributed by atoms with E-state index in [1.807, 2.05) is 0 Å². The van der Waals surface area contributed by atoms with Crippen LogP contribution in [0.25, 0.3) is 0 Å². The zero-order valence-electron chi connectivity index (χ0n) is 19.2. The second-order valence-electron chi connectivity index (χ2n) is 10.9. The Balaban J connectivity index is 1.35. The van der Waals surface area contributed by atoms with E-state index in [1.54, 1.807) is 0 Å². The van der Waals surface area contributed by atoms with E-state index in [1.165, 1.54) is 6.42 Å². The molecule has 5 fully saturated rings. The number of nitrogens with one attached hydrogen (secondary N) is 1. The first-order valence-electron chi connectivity index (χ1n) is 11.6. The monoisotopic (exact) mass is 472 g/mol. The van der Waals surface area contributed by atoms with Crippen molar-refractivity contribution in [2.75, 3.05) is 26.2 Å². The summed E-state index contributed by atoms with van der Waals surface area (Å²) in [5.74, 6) is -0.517. The minimum Gasteiger partial charge on any atom is -0.480 e. The highest BCUT2D eigenvalue weighted by Gasteiger charge is 2.67. The largest absolute Gasteiger partial charge is 0.480 e. The van der Waals surface area contributed by atoms with Gasteiger partial charge in [-0.25, -0.2) is 4.72 Å². The predicted octanol–water partition coefficient (Wildman–Crippen LogP) is 0.00190. The van der Waals surface area contributed by atoms with E-state index in [0.717, 1.165) is 10.7 Å². The highest BCUT2D eigenvalue weighted by Crippen LogP contribution is 2.65. The maximum Gasteiger partial charge on any atom is 0.457 e. The van der Waals surface area contributed by atoms with Gasteiger partial charge in [0.25, 0.3) is 10.2 Å². The SMILES string of the molecule is CC1(C)[C@H]2C[C@@H]3OB(CCC[C@H]4CN(S(=O)(=O)NCCN)C[C@@]4(N)C(=O)O)O[C@]3(C)[C@@H]1C2. The Kier molecular flexibility index (Phi) is 6.23. The van der Waals surface area contributed by atoms with Gasteiger partial charge in [0.15, 0.2) is 0 Å². The molecule has 10 nitrogen and oxygen atoms in total. The highest BCUT2D eigenvalue weighted by atomic mass is 32.2. The Labute approximate surface area is 191 Å². The molecule has 182 valence electrons. The number of carboxylic acids is 1.